The molecule has 0 aliphatic carbocycles. The van der Waals surface area contributed by atoms with Crippen LogP contribution in [-0.2, 0) is 14.3 Å². The van der Waals surface area contributed by atoms with Gasteiger partial charge in [0.15, 0.2) is 18.1 Å². The quantitative estimate of drug-likeness (QED) is 0.479. The highest BCUT2D eigenvalue weighted by atomic mass is 16.5. The minimum atomic E-state index is -1.10. The number of rotatable bonds is 9. The molecule has 1 fully saturated rings. The van der Waals surface area contributed by atoms with E-state index in [0.29, 0.717) is 44.2 Å². The molecular weight excluding hydrogens is 342 g/mol. The average Bonchev–Trinajstić information content (AvgIpc) is 2.62. The van der Waals surface area contributed by atoms with Crippen LogP contribution < -0.4 is 14.9 Å². The van der Waals surface area contributed by atoms with Crippen molar-refractivity contribution in [1.29, 1.82) is 0 Å². The molecule has 0 atom stereocenters. The minimum Gasteiger partial charge on any atom is -0.490 e. The van der Waals surface area contributed by atoms with Crippen LogP contribution in [0.1, 0.15) is 12.5 Å². The van der Waals surface area contributed by atoms with Crippen LogP contribution in [0.25, 0.3) is 0 Å². The summed E-state index contributed by atoms with van der Waals surface area (Å²) in [7, 11) is 0. The Labute approximate surface area is 151 Å². The van der Waals surface area contributed by atoms with Crippen molar-refractivity contribution in [2.24, 2.45) is 5.10 Å². The van der Waals surface area contributed by atoms with Gasteiger partial charge in [-0.05, 0) is 19.1 Å². The van der Waals surface area contributed by atoms with Gasteiger partial charge in [-0.2, -0.15) is 5.10 Å². The standard InChI is InChI=1S/C17H23N3O6/c1-2-25-14-5-3-4-13(17(14)26-12-16(22)23)10-18-19-15(21)11-20-6-8-24-9-7-20/h3-5,10H,2,6-9,11-12H2,1H3,(H,19,21)(H,22,23)/b18-10+. The summed E-state index contributed by atoms with van der Waals surface area (Å²) in [6, 6.07) is 5.10. The number of aliphatic carboxylic acids is 1. The number of nitrogens with zero attached hydrogens (tertiary/aromatic N) is 2. The molecule has 9 nitrogen and oxygen atoms in total. The van der Waals surface area contributed by atoms with Gasteiger partial charge in [0.2, 0.25) is 0 Å². The van der Waals surface area contributed by atoms with E-state index in [2.05, 4.69) is 10.5 Å². The zero-order chi connectivity index (χ0) is 18.8. The first-order valence-corrected chi connectivity index (χ1v) is 8.32. The van der Waals surface area contributed by atoms with Crippen LogP contribution >= 0.6 is 0 Å². The van der Waals surface area contributed by atoms with Crippen LogP contribution in [0.2, 0.25) is 0 Å². The number of hydrogen-bond acceptors (Lipinski definition) is 7. The zero-order valence-corrected chi connectivity index (χ0v) is 14.6. The van der Waals surface area contributed by atoms with E-state index in [1.54, 1.807) is 18.2 Å². The van der Waals surface area contributed by atoms with Gasteiger partial charge in [0, 0.05) is 18.7 Å². The molecule has 0 aromatic heterocycles. The van der Waals surface area contributed by atoms with Gasteiger partial charge >= 0.3 is 5.97 Å². The lowest BCUT2D eigenvalue weighted by Crippen LogP contribution is -2.42. The van der Waals surface area contributed by atoms with Crippen molar-refractivity contribution in [2.45, 2.75) is 6.92 Å². The van der Waals surface area contributed by atoms with Crippen molar-refractivity contribution < 1.29 is 28.9 Å². The van der Waals surface area contributed by atoms with Crippen molar-refractivity contribution in [1.82, 2.24) is 10.3 Å². The van der Waals surface area contributed by atoms with Crippen molar-refractivity contribution in [3.05, 3.63) is 23.8 Å². The Morgan fingerprint density at radius 1 is 1.35 bits per heavy atom. The Bertz CT molecular complexity index is 643. The van der Waals surface area contributed by atoms with Gasteiger partial charge in [-0.25, -0.2) is 10.2 Å². The lowest BCUT2D eigenvalue weighted by molar-refractivity contribution is -0.139. The summed E-state index contributed by atoms with van der Waals surface area (Å²) in [6.07, 6.45) is 1.40. The fourth-order valence-corrected chi connectivity index (χ4v) is 2.36. The van der Waals surface area contributed by atoms with E-state index in [9.17, 15) is 9.59 Å². The van der Waals surface area contributed by atoms with Crippen molar-refractivity contribution in [2.75, 3.05) is 46.1 Å². The predicted molar refractivity (Wildman–Crippen MR) is 93.7 cm³/mol. The van der Waals surface area contributed by atoms with Crippen LogP contribution in [0.4, 0.5) is 0 Å². The third-order valence-electron chi connectivity index (χ3n) is 3.51. The van der Waals surface area contributed by atoms with Crippen LogP contribution in [0.15, 0.2) is 23.3 Å². The number of carboxylic acid groups (broad SMARTS) is 1. The minimum absolute atomic E-state index is 0.238. The Hall–Kier alpha value is -2.65. The SMILES string of the molecule is CCOc1cccc(/C=N/NC(=O)CN2CCOCC2)c1OCC(=O)O. The maximum Gasteiger partial charge on any atom is 0.341 e. The number of hydrogen-bond donors (Lipinski definition) is 2. The molecule has 142 valence electrons. The second-order valence-electron chi connectivity index (χ2n) is 5.47. The maximum atomic E-state index is 11.9. The van der Waals surface area contributed by atoms with Crippen molar-refractivity contribution in [3.63, 3.8) is 0 Å². The summed E-state index contributed by atoms with van der Waals surface area (Å²) in [5, 5.41) is 12.8. The number of para-hydroxylation sites is 1. The number of nitrogens with one attached hydrogen (secondary N) is 1. The molecule has 0 unspecified atom stereocenters. The number of morpholine rings is 1. The number of ether oxygens (including phenoxy) is 3. The monoisotopic (exact) mass is 365 g/mol. The van der Waals surface area contributed by atoms with Crippen molar-refractivity contribution in [3.8, 4) is 11.5 Å². The normalized spacial score (nSPS) is 15.0. The topological polar surface area (TPSA) is 110 Å². The fraction of sp³-hybridized carbons (Fsp3) is 0.471. The van der Waals surface area contributed by atoms with Crippen LogP contribution in [0.3, 0.4) is 0 Å². The third kappa shape index (κ3) is 6.34. The lowest BCUT2D eigenvalue weighted by Gasteiger charge is -2.25. The third-order valence-corrected chi connectivity index (χ3v) is 3.51. The Morgan fingerprint density at radius 3 is 2.81 bits per heavy atom. The summed E-state index contributed by atoms with van der Waals surface area (Å²) in [5.74, 6) is -0.657. The number of benzene rings is 1. The number of carboxylic acids is 1. The Balaban J connectivity index is 1.99. The summed E-state index contributed by atoms with van der Waals surface area (Å²) in [4.78, 5) is 24.7. The van der Waals surface area contributed by atoms with Gasteiger partial charge in [-0.15, -0.1) is 0 Å². The van der Waals surface area contributed by atoms with E-state index in [-0.39, 0.29) is 18.2 Å². The Morgan fingerprint density at radius 2 is 2.12 bits per heavy atom. The van der Waals surface area contributed by atoms with Gasteiger partial charge < -0.3 is 19.3 Å². The number of hydrazone groups is 1. The maximum absolute atomic E-state index is 11.9. The smallest absolute Gasteiger partial charge is 0.341 e. The summed E-state index contributed by atoms with van der Waals surface area (Å²) in [6.45, 7) is 4.60. The molecule has 1 aromatic rings. The zero-order valence-electron chi connectivity index (χ0n) is 14.6. The molecule has 0 saturated carbocycles. The fourth-order valence-electron chi connectivity index (χ4n) is 2.36. The molecule has 1 aromatic carbocycles. The molecule has 1 heterocycles. The van der Waals surface area contributed by atoms with Crippen LogP contribution in [0.5, 0.6) is 11.5 Å². The number of carbonyl (C=O) groups is 2. The largest absolute Gasteiger partial charge is 0.490 e. The Kier molecular flexibility index (Phi) is 7.84. The van der Waals surface area contributed by atoms with E-state index >= 15 is 0 Å². The second-order valence-corrected chi connectivity index (χ2v) is 5.47. The molecular formula is C17H23N3O6. The molecule has 1 aliphatic rings. The molecule has 26 heavy (non-hydrogen) atoms. The van der Waals surface area contributed by atoms with Gasteiger partial charge in [-0.1, -0.05) is 6.07 Å². The number of amides is 1. The molecule has 0 bridgehead atoms. The van der Waals surface area contributed by atoms with Gasteiger partial charge in [-0.3, -0.25) is 9.69 Å². The van der Waals surface area contributed by atoms with E-state index in [1.165, 1.54) is 6.21 Å². The van der Waals surface area contributed by atoms with E-state index in [0.717, 1.165) is 0 Å². The van der Waals surface area contributed by atoms with E-state index in [1.807, 2.05) is 11.8 Å². The molecule has 2 N–H and O–H groups in total. The van der Waals surface area contributed by atoms with Gasteiger partial charge in [0.1, 0.15) is 0 Å². The average molecular weight is 365 g/mol. The molecule has 0 spiro atoms. The highest BCUT2D eigenvalue weighted by molar-refractivity contribution is 5.87. The predicted octanol–water partition coefficient (Wildman–Crippen LogP) is 0.331. The van der Waals surface area contributed by atoms with Gasteiger partial charge in [0.05, 0.1) is 32.6 Å². The lowest BCUT2D eigenvalue weighted by atomic mass is 10.2. The first-order chi connectivity index (χ1) is 12.6. The van der Waals surface area contributed by atoms with E-state index < -0.39 is 12.6 Å². The molecule has 9 heteroatoms. The highest BCUT2D eigenvalue weighted by Gasteiger charge is 2.14. The first-order valence-electron chi connectivity index (χ1n) is 8.32. The van der Waals surface area contributed by atoms with Crippen molar-refractivity contribution >= 4 is 18.1 Å². The first kappa shape index (κ1) is 19.7. The van der Waals surface area contributed by atoms with E-state index in [4.69, 9.17) is 19.3 Å². The molecule has 1 saturated heterocycles. The summed E-state index contributed by atoms with van der Waals surface area (Å²) in [5.41, 5.74) is 2.96. The molecule has 0 radical (unpaired) electrons. The molecule has 1 amide bonds. The summed E-state index contributed by atoms with van der Waals surface area (Å²) >= 11 is 0. The van der Waals surface area contributed by atoms with Crippen LogP contribution in [-0.4, -0.2) is 74.2 Å². The second kappa shape index (κ2) is 10.4. The highest BCUT2D eigenvalue weighted by Crippen LogP contribution is 2.30. The number of carbonyl (C=O) groups excluding carboxylic acids is 1. The van der Waals surface area contributed by atoms with Gasteiger partial charge in [0.25, 0.3) is 5.91 Å². The molecule has 2 rings (SSSR count). The van der Waals surface area contributed by atoms with Crippen LogP contribution in [0, 0.1) is 0 Å². The summed E-state index contributed by atoms with van der Waals surface area (Å²) < 4.78 is 16.0. The molecule has 1 aliphatic heterocycles.